The number of hydrogen-bond acceptors (Lipinski definition) is 4. The molecule has 0 atom stereocenters. The van der Waals surface area contributed by atoms with Crippen LogP contribution in [0.2, 0.25) is 0 Å². The number of nitrogens with zero attached hydrogens (tertiary/aromatic N) is 2. The molecule has 1 heterocycles. The van der Waals surface area contributed by atoms with Gasteiger partial charge in [0.1, 0.15) is 5.82 Å². The molecule has 5 heteroatoms. The van der Waals surface area contributed by atoms with Crippen LogP contribution in [0.5, 0.6) is 0 Å². The summed E-state index contributed by atoms with van der Waals surface area (Å²) in [5.41, 5.74) is 2.84. The number of fused-ring (bicyclic) bond motifs is 1. The summed E-state index contributed by atoms with van der Waals surface area (Å²) in [7, 11) is 0. The normalized spacial score (nSPS) is 10.6. The lowest BCUT2D eigenvalue weighted by Gasteiger charge is -2.10. The second kappa shape index (κ2) is 5.44. The zero-order valence-electron chi connectivity index (χ0n) is 12.3. The van der Waals surface area contributed by atoms with Crippen LogP contribution < -0.4 is 5.32 Å². The number of benzene rings is 2. The first-order valence-corrected chi connectivity index (χ1v) is 6.92. The Labute approximate surface area is 127 Å². The van der Waals surface area contributed by atoms with Gasteiger partial charge in [0.15, 0.2) is 0 Å². The lowest BCUT2D eigenvalue weighted by Crippen LogP contribution is -1.98. The summed E-state index contributed by atoms with van der Waals surface area (Å²) in [6.07, 6.45) is 1.59. The lowest BCUT2D eigenvalue weighted by molar-refractivity contribution is -0.383. The van der Waals surface area contributed by atoms with E-state index in [-0.39, 0.29) is 10.6 Å². The molecule has 0 aliphatic carbocycles. The van der Waals surface area contributed by atoms with E-state index in [1.165, 1.54) is 5.56 Å². The van der Waals surface area contributed by atoms with E-state index in [9.17, 15) is 10.1 Å². The van der Waals surface area contributed by atoms with E-state index in [0.717, 1.165) is 11.1 Å². The van der Waals surface area contributed by atoms with E-state index < -0.39 is 0 Å². The standard InChI is InChI=1S/C17H15N3O2/c1-11-3-6-13(7-4-11)19-17-15-8-5-12(2)16(20(21)22)14(15)9-10-18-17/h3-10H,1-2H3,(H,18,19). The van der Waals surface area contributed by atoms with E-state index in [1.54, 1.807) is 25.3 Å². The zero-order valence-corrected chi connectivity index (χ0v) is 12.3. The topological polar surface area (TPSA) is 68.1 Å². The third-order valence-corrected chi connectivity index (χ3v) is 3.62. The average Bonchev–Trinajstić information content (AvgIpc) is 2.49. The maximum atomic E-state index is 11.3. The molecule has 0 fully saturated rings. The molecule has 5 nitrogen and oxygen atoms in total. The first-order chi connectivity index (χ1) is 10.6. The minimum absolute atomic E-state index is 0.131. The molecule has 22 heavy (non-hydrogen) atoms. The molecule has 0 aliphatic heterocycles. The predicted octanol–water partition coefficient (Wildman–Crippen LogP) is 4.50. The summed E-state index contributed by atoms with van der Waals surface area (Å²) < 4.78 is 0. The highest BCUT2D eigenvalue weighted by molar-refractivity contribution is 5.99. The van der Waals surface area contributed by atoms with Crippen molar-refractivity contribution in [2.75, 3.05) is 5.32 Å². The third kappa shape index (κ3) is 2.48. The number of nitrogens with one attached hydrogen (secondary N) is 1. The molecule has 0 saturated carbocycles. The van der Waals surface area contributed by atoms with Crippen molar-refractivity contribution in [3.8, 4) is 0 Å². The Balaban J connectivity index is 2.13. The maximum Gasteiger partial charge on any atom is 0.280 e. The number of aryl methyl sites for hydroxylation is 2. The van der Waals surface area contributed by atoms with Gasteiger partial charge in [0, 0.05) is 22.8 Å². The van der Waals surface area contributed by atoms with Gasteiger partial charge in [-0.05, 0) is 38.1 Å². The summed E-state index contributed by atoms with van der Waals surface area (Å²) in [6, 6.07) is 13.2. The molecular formula is C17H15N3O2. The highest BCUT2D eigenvalue weighted by Crippen LogP contribution is 2.33. The van der Waals surface area contributed by atoms with Crippen LogP contribution >= 0.6 is 0 Å². The Morgan fingerprint density at radius 3 is 2.41 bits per heavy atom. The highest BCUT2D eigenvalue weighted by atomic mass is 16.6. The number of aromatic nitrogens is 1. The molecule has 1 aromatic heterocycles. The largest absolute Gasteiger partial charge is 0.340 e. The van der Waals surface area contributed by atoms with Crippen molar-refractivity contribution in [3.05, 3.63) is 69.9 Å². The van der Waals surface area contributed by atoms with E-state index >= 15 is 0 Å². The second-order valence-corrected chi connectivity index (χ2v) is 5.23. The van der Waals surface area contributed by atoms with Crippen LogP contribution in [0.3, 0.4) is 0 Å². The molecule has 3 rings (SSSR count). The van der Waals surface area contributed by atoms with Gasteiger partial charge in [-0.15, -0.1) is 0 Å². The monoisotopic (exact) mass is 293 g/mol. The van der Waals surface area contributed by atoms with Gasteiger partial charge in [-0.3, -0.25) is 10.1 Å². The Morgan fingerprint density at radius 1 is 1.00 bits per heavy atom. The van der Waals surface area contributed by atoms with Crippen LogP contribution in [0, 0.1) is 24.0 Å². The molecule has 0 spiro atoms. The first-order valence-electron chi connectivity index (χ1n) is 6.92. The van der Waals surface area contributed by atoms with Gasteiger partial charge in [-0.1, -0.05) is 23.8 Å². The van der Waals surface area contributed by atoms with Crippen LogP contribution in [0.4, 0.5) is 17.2 Å². The van der Waals surface area contributed by atoms with Gasteiger partial charge in [-0.25, -0.2) is 4.98 Å². The third-order valence-electron chi connectivity index (χ3n) is 3.62. The molecule has 110 valence electrons. The van der Waals surface area contributed by atoms with Crippen LogP contribution in [0.15, 0.2) is 48.7 Å². The van der Waals surface area contributed by atoms with Crippen molar-refractivity contribution >= 4 is 28.0 Å². The van der Waals surface area contributed by atoms with Crippen molar-refractivity contribution in [3.63, 3.8) is 0 Å². The van der Waals surface area contributed by atoms with Gasteiger partial charge < -0.3 is 5.32 Å². The summed E-state index contributed by atoms with van der Waals surface area (Å²) in [6.45, 7) is 3.76. The molecule has 1 N–H and O–H groups in total. The second-order valence-electron chi connectivity index (χ2n) is 5.23. The zero-order chi connectivity index (χ0) is 15.7. The predicted molar refractivity (Wildman–Crippen MR) is 87.6 cm³/mol. The van der Waals surface area contributed by atoms with Gasteiger partial charge in [0.25, 0.3) is 5.69 Å². The van der Waals surface area contributed by atoms with Crippen molar-refractivity contribution in [2.24, 2.45) is 0 Å². The molecule has 0 amide bonds. The Hall–Kier alpha value is -2.95. The number of pyridine rings is 1. The number of hydrogen-bond donors (Lipinski definition) is 1. The summed E-state index contributed by atoms with van der Waals surface area (Å²) in [5, 5.41) is 15.9. The highest BCUT2D eigenvalue weighted by Gasteiger charge is 2.17. The van der Waals surface area contributed by atoms with Gasteiger partial charge in [0.05, 0.1) is 10.3 Å². The molecule has 2 aromatic carbocycles. The van der Waals surface area contributed by atoms with E-state index in [2.05, 4.69) is 10.3 Å². The van der Waals surface area contributed by atoms with E-state index in [1.807, 2.05) is 37.3 Å². The van der Waals surface area contributed by atoms with Crippen LogP contribution in [0.25, 0.3) is 10.8 Å². The smallest absolute Gasteiger partial charge is 0.280 e. The van der Waals surface area contributed by atoms with Crippen LogP contribution in [-0.2, 0) is 0 Å². The average molecular weight is 293 g/mol. The summed E-state index contributed by atoms with van der Waals surface area (Å²) in [4.78, 5) is 15.3. The quantitative estimate of drug-likeness (QED) is 0.570. The number of nitro benzene ring substituents is 1. The van der Waals surface area contributed by atoms with Crippen molar-refractivity contribution in [1.82, 2.24) is 4.98 Å². The fraction of sp³-hybridized carbons (Fsp3) is 0.118. The maximum absolute atomic E-state index is 11.3. The number of nitro groups is 1. The fourth-order valence-electron chi connectivity index (χ4n) is 2.46. The van der Waals surface area contributed by atoms with Crippen molar-refractivity contribution in [1.29, 1.82) is 0 Å². The minimum atomic E-state index is -0.340. The van der Waals surface area contributed by atoms with Crippen molar-refractivity contribution in [2.45, 2.75) is 13.8 Å². The minimum Gasteiger partial charge on any atom is -0.340 e. The van der Waals surface area contributed by atoms with Gasteiger partial charge in [-0.2, -0.15) is 0 Å². The van der Waals surface area contributed by atoms with E-state index in [4.69, 9.17) is 0 Å². The van der Waals surface area contributed by atoms with Crippen molar-refractivity contribution < 1.29 is 4.92 Å². The number of rotatable bonds is 3. The van der Waals surface area contributed by atoms with E-state index in [0.29, 0.717) is 16.8 Å². The molecule has 0 bridgehead atoms. The number of anilines is 2. The fourth-order valence-corrected chi connectivity index (χ4v) is 2.46. The molecule has 0 aliphatic rings. The lowest BCUT2D eigenvalue weighted by atomic mass is 10.1. The Morgan fingerprint density at radius 2 is 1.73 bits per heavy atom. The SMILES string of the molecule is Cc1ccc(Nc2nccc3c([N+](=O)[O-])c(C)ccc23)cc1. The Kier molecular flexibility index (Phi) is 3.47. The molecular weight excluding hydrogens is 278 g/mol. The van der Waals surface area contributed by atoms with Crippen LogP contribution in [-0.4, -0.2) is 9.91 Å². The molecule has 0 saturated heterocycles. The molecule has 0 radical (unpaired) electrons. The molecule has 0 unspecified atom stereocenters. The molecule has 3 aromatic rings. The summed E-state index contributed by atoms with van der Waals surface area (Å²) in [5.74, 6) is 0.615. The first kappa shape index (κ1) is 14.0. The Bertz CT molecular complexity index is 858. The van der Waals surface area contributed by atoms with Gasteiger partial charge in [0.2, 0.25) is 0 Å². The van der Waals surface area contributed by atoms with Crippen LogP contribution in [0.1, 0.15) is 11.1 Å². The van der Waals surface area contributed by atoms with Gasteiger partial charge >= 0.3 is 0 Å². The summed E-state index contributed by atoms with van der Waals surface area (Å²) >= 11 is 0.